The fraction of sp³-hybridized carbons (Fsp3) is 0.700. The lowest BCUT2D eigenvalue weighted by Crippen LogP contribution is -2.37. The number of nitrogens with two attached hydrogens (primary N) is 1. The Bertz CT molecular complexity index is 254. The fourth-order valence-corrected chi connectivity index (χ4v) is 2.08. The molecule has 0 aromatic carbocycles. The van der Waals surface area contributed by atoms with E-state index in [4.69, 9.17) is 10.3 Å². The van der Waals surface area contributed by atoms with Gasteiger partial charge in [-0.3, -0.25) is 4.90 Å². The number of hydrogen-bond acceptors (Lipinski definition) is 4. The van der Waals surface area contributed by atoms with E-state index in [-0.39, 0.29) is 6.04 Å². The molecule has 0 amide bonds. The number of hydrogen-bond donors (Lipinski definition) is 1. The third kappa shape index (κ3) is 1.96. The van der Waals surface area contributed by atoms with Gasteiger partial charge in [0.15, 0.2) is 0 Å². The summed E-state index contributed by atoms with van der Waals surface area (Å²) < 4.78 is 4.86. The Balaban J connectivity index is 2.04. The molecule has 4 nitrogen and oxygen atoms in total. The second-order valence-electron chi connectivity index (χ2n) is 3.77. The van der Waals surface area contributed by atoms with Crippen LogP contribution in [0.5, 0.6) is 0 Å². The molecule has 2 rings (SSSR count). The summed E-state index contributed by atoms with van der Waals surface area (Å²) in [6.07, 6.45) is 5.50. The van der Waals surface area contributed by atoms with Crippen LogP contribution in [0.4, 0.5) is 0 Å². The Morgan fingerprint density at radius 2 is 2.21 bits per heavy atom. The largest absolute Gasteiger partial charge is 0.364 e. The van der Waals surface area contributed by atoms with Gasteiger partial charge in [0.05, 0.1) is 6.04 Å². The first-order chi connectivity index (χ1) is 6.92. The molecule has 14 heavy (non-hydrogen) atoms. The van der Waals surface area contributed by atoms with Gasteiger partial charge in [0, 0.05) is 12.6 Å². The van der Waals surface area contributed by atoms with E-state index in [1.165, 1.54) is 19.3 Å². The van der Waals surface area contributed by atoms with Gasteiger partial charge >= 0.3 is 0 Å². The zero-order chi connectivity index (χ0) is 9.80. The highest BCUT2D eigenvalue weighted by Crippen LogP contribution is 2.22. The number of rotatable bonds is 3. The van der Waals surface area contributed by atoms with Crippen LogP contribution in [0.1, 0.15) is 31.0 Å². The lowest BCUT2D eigenvalue weighted by atomic mass is 10.1. The van der Waals surface area contributed by atoms with Crippen molar-refractivity contribution in [3.8, 4) is 0 Å². The maximum atomic E-state index is 5.77. The van der Waals surface area contributed by atoms with Crippen LogP contribution >= 0.6 is 0 Å². The lowest BCUT2D eigenvalue weighted by Gasteiger charge is -2.32. The van der Waals surface area contributed by atoms with Gasteiger partial charge in [0.25, 0.3) is 0 Å². The van der Waals surface area contributed by atoms with Crippen molar-refractivity contribution in [1.82, 2.24) is 10.1 Å². The first-order valence-corrected chi connectivity index (χ1v) is 5.26. The predicted molar refractivity (Wildman–Crippen MR) is 53.7 cm³/mol. The first-order valence-electron chi connectivity index (χ1n) is 5.26. The van der Waals surface area contributed by atoms with Crippen LogP contribution in [0.2, 0.25) is 0 Å². The molecule has 0 saturated carbocycles. The summed E-state index contributed by atoms with van der Waals surface area (Å²) in [6, 6.07) is 2.15. The minimum atomic E-state index is 0.244. The maximum Gasteiger partial charge on any atom is 0.124 e. The molecule has 1 aromatic rings. The van der Waals surface area contributed by atoms with Crippen molar-refractivity contribution in [2.24, 2.45) is 5.73 Å². The molecule has 2 heterocycles. The van der Waals surface area contributed by atoms with Crippen LogP contribution < -0.4 is 5.73 Å². The van der Waals surface area contributed by atoms with E-state index in [2.05, 4.69) is 10.1 Å². The standard InChI is InChI=1S/C10H17N3O/c11-8-10(9-4-7-14-12-9)13-5-2-1-3-6-13/h4,7,10H,1-3,5-6,8,11H2. The van der Waals surface area contributed by atoms with E-state index in [9.17, 15) is 0 Å². The van der Waals surface area contributed by atoms with Crippen molar-refractivity contribution in [3.63, 3.8) is 0 Å². The van der Waals surface area contributed by atoms with E-state index >= 15 is 0 Å². The second kappa shape index (κ2) is 4.57. The molecule has 4 heteroatoms. The third-order valence-corrected chi connectivity index (χ3v) is 2.85. The van der Waals surface area contributed by atoms with Gasteiger partial charge in [-0.25, -0.2) is 0 Å². The molecular weight excluding hydrogens is 178 g/mol. The van der Waals surface area contributed by atoms with Crippen LogP contribution in [-0.2, 0) is 0 Å². The smallest absolute Gasteiger partial charge is 0.124 e. The van der Waals surface area contributed by atoms with Crippen LogP contribution in [0.15, 0.2) is 16.9 Å². The number of aromatic nitrogens is 1. The van der Waals surface area contributed by atoms with Gasteiger partial charge in [-0.2, -0.15) is 0 Å². The van der Waals surface area contributed by atoms with E-state index < -0.39 is 0 Å². The summed E-state index contributed by atoms with van der Waals surface area (Å²) in [5.41, 5.74) is 6.74. The van der Waals surface area contributed by atoms with Gasteiger partial charge in [-0.1, -0.05) is 11.6 Å². The topological polar surface area (TPSA) is 55.3 Å². The van der Waals surface area contributed by atoms with Crippen molar-refractivity contribution in [1.29, 1.82) is 0 Å². The summed E-state index contributed by atoms with van der Waals surface area (Å²) in [7, 11) is 0. The van der Waals surface area contributed by atoms with Crippen molar-refractivity contribution in [3.05, 3.63) is 18.0 Å². The SMILES string of the molecule is NCC(c1ccon1)N1CCCCC1. The molecule has 1 aliphatic heterocycles. The Morgan fingerprint density at radius 1 is 1.43 bits per heavy atom. The second-order valence-corrected chi connectivity index (χ2v) is 3.77. The molecule has 0 aliphatic carbocycles. The van der Waals surface area contributed by atoms with Gasteiger partial charge in [0.2, 0.25) is 0 Å². The third-order valence-electron chi connectivity index (χ3n) is 2.85. The summed E-state index contributed by atoms with van der Waals surface area (Å²) in [5, 5.41) is 3.97. The van der Waals surface area contributed by atoms with Crippen molar-refractivity contribution in [2.75, 3.05) is 19.6 Å². The highest BCUT2D eigenvalue weighted by Gasteiger charge is 2.22. The quantitative estimate of drug-likeness (QED) is 0.786. The molecular formula is C10H17N3O. The summed E-state index contributed by atoms with van der Waals surface area (Å²) in [4.78, 5) is 2.40. The zero-order valence-electron chi connectivity index (χ0n) is 8.35. The molecule has 0 spiro atoms. The molecule has 1 aromatic heterocycles. The highest BCUT2D eigenvalue weighted by atomic mass is 16.5. The number of likely N-dealkylation sites (tertiary alicyclic amines) is 1. The Kier molecular flexibility index (Phi) is 3.16. The van der Waals surface area contributed by atoms with E-state index in [0.717, 1.165) is 18.8 Å². The van der Waals surface area contributed by atoms with E-state index in [1.54, 1.807) is 6.26 Å². The van der Waals surface area contributed by atoms with Crippen LogP contribution in [-0.4, -0.2) is 29.7 Å². The normalized spacial score (nSPS) is 20.9. The summed E-state index contributed by atoms with van der Waals surface area (Å²) in [5.74, 6) is 0. The minimum Gasteiger partial charge on any atom is -0.364 e. The molecule has 1 fully saturated rings. The average Bonchev–Trinajstić information content (AvgIpc) is 2.74. The molecule has 78 valence electrons. The van der Waals surface area contributed by atoms with E-state index in [1.807, 2.05) is 6.07 Å². The van der Waals surface area contributed by atoms with Gasteiger partial charge < -0.3 is 10.3 Å². The maximum absolute atomic E-state index is 5.77. The average molecular weight is 195 g/mol. The molecule has 1 atom stereocenters. The van der Waals surface area contributed by atoms with E-state index in [0.29, 0.717) is 6.54 Å². The number of nitrogens with zero attached hydrogens (tertiary/aromatic N) is 2. The molecule has 0 radical (unpaired) electrons. The predicted octanol–water partition coefficient (Wildman–Crippen LogP) is 1.16. The Labute approximate surface area is 84.0 Å². The Hall–Kier alpha value is -0.870. The summed E-state index contributed by atoms with van der Waals surface area (Å²) in [6.45, 7) is 2.88. The van der Waals surface area contributed by atoms with Gasteiger partial charge in [-0.05, 0) is 25.9 Å². The monoisotopic (exact) mass is 195 g/mol. The fourth-order valence-electron chi connectivity index (χ4n) is 2.08. The molecule has 1 saturated heterocycles. The van der Waals surface area contributed by atoms with Crippen molar-refractivity contribution >= 4 is 0 Å². The van der Waals surface area contributed by atoms with Crippen LogP contribution in [0.25, 0.3) is 0 Å². The molecule has 0 bridgehead atoms. The Morgan fingerprint density at radius 3 is 2.79 bits per heavy atom. The highest BCUT2D eigenvalue weighted by molar-refractivity contribution is 5.04. The van der Waals surface area contributed by atoms with Gasteiger partial charge in [0.1, 0.15) is 12.0 Å². The van der Waals surface area contributed by atoms with Gasteiger partial charge in [-0.15, -0.1) is 0 Å². The molecule has 1 aliphatic rings. The van der Waals surface area contributed by atoms with Crippen LogP contribution in [0.3, 0.4) is 0 Å². The minimum absolute atomic E-state index is 0.244. The number of piperidine rings is 1. The molecule has 1 unspecified atom stereocenters. The molecule has 2 N–H and O–H groups in total. The van der Waals surface area contributed by atoms with Crippen molar-refractivity contribution in [2.45, 2.75) is 25.3 Å². The van der Waals surface area contributed by atoms with Crippen LogP contribution in [0, 0.1) is 0 Å². The van der Waals surface area contributed by atoms with Crippen molar-refractivity contribution < 1.29 is 4.52 Å². The lowest BCUT2D eigenvalue weighted by molar-refractivity contribution is 0.161. The first kappa shape index (κ1) is 9.68. The summed E-state index contributed by atoms with van der Waals surface area (Å²) >= 11 is 0. The zero-order valence-corrected chi connectivity index (χ0v) is 8.35.